The number of nitrogens with one attached hydrogen (secondary N) is 2. The minimum atomic E-state index is -0.312. The molecule has 2 heterocycles. The van der Waals surface area contributed by atoms with Crippen LogP contribution < -0.4 is 21.1 Å². The molecule has 0 aliphatic carbocycles. The Bertz CT molecular complexity index is 1150. The summed E-state index contributed by atoms with van der Waals surface area (Å²) in [6.45, 7) is 1.78. The van der Waals surface area contributed by atoms with E-state index in [9.17, 15) is 4.39 Å². The summed E-state index contributed by atoms with van der Waals surface area (Å²) in [5, 5.41) is 6.10. The first kappa shape index (κ1) is 20.7. The van der Waals surface area contributed by atoms with Crippen molar-refractivity contribution in [2.45, 2.75) is 13.0 Å². The lowest BCUT2D eigenvalue weighted by Gasteiger charge is -2.11. The highest BCUT2D eigenvalue weighted by atomic mass is 19.1. The van der Waals surface area contributed by atoms with Gasteiger partial charge in [0.2, 0.25) is 11.8 Å². The molecule has 2 aromatic heterocycles. The Balaban J connectivity index is 1.53. The zero-order valence-corrected chi connectivity index (χ0v) is 17.1. The van der Waals surface area contributed by atoms with E-state index in [1.165, 1.54) is 13.2 Å². The number of methoxy groups -OCH3 is 1. The fourth-order valence-electron chi connectivity index (χ4n) is 3.11. The maximum Gasteiger partial charge on any atom is 0.302 e. The molecule has 8 nitrogen and oxygen atoms in total. The Morgan fingerprint density at radius 2 is 2.03 bits per heavy atom. The van der Waals surface area contributed by atoms with Crippen LogP contribution in [0.5, 0.6) is 5.88 Å². The van der Waals surface area contributed by atoms with Crippen molar-refractivity contribution in [2.24, 2.45) is 5.73 Å². The third-order valence-electron chi connectivity index (χ3n) is 4.70. The summed E-state index contributed by atoms with van der Waals surface area (Å²) < 4.78 is 25.6. The first-order valence-electron chi connectivity index (χ1n) is 9.91. The van der Waals surface area contributed by atoms with Gasteiger partial charge >= 0.3 is 6.01 Å². The van der Waals surface area contributed by atoms with Gasteiger partial charge in [-0.15, -0.1) is 0 Å². The van der Waals surface area contributed by atoms with Crippen molar-refractivity contribution >= 4 is 23.1 Å². The number of hydrogen-bond donors (Lipinski definition) is 3. The highest BCUT2D eigenvalue weighted by molar-refractivity contribution is 5.75. The molecule has 0 radical (unpaired) electrons. The minimum absolute atomic E-state index is 0.258. The second-order valence-electron chi connectivity index (χ2n) is 6.85. The second-order valence-corrected chi connectivity index (χ2v) is 6.85. The molecule has 9 heteroatoms. The van der Waals surface area contributed by atoms with Crippen molar-refractivity contribution in [3.63, 3.8) is 0 Å². The molecule has 0 atom stereocenters. The summed E-state index contributed by atoms with van der Waals surface area (Å²) >= 11 is 0. The molecule has 0 aliphatic rings. The summed E-state index contributed by atoms with van der Waals surface area (Å²) in [6.07, 6.45) is 2.42. The molecule has 0 bridgehead atoms. The summed E-state index contributed by atoms with van der Waals surface area (Å²) in [4.78, 5) is 13.0. The minimum Gasteiger partial charge on any atom is -0.480 e. The van der Waals surface area contributed by atoms with Crippen LogP contribution in [0.4, 0.5) is 16.4 Å². The number of rotatable bonds is 9. The number of halogens is 1. The quantitative estimate of drug-likeness (QED) is 0.351. The SMILES string of the molecule is COc1nc(Nc2nc3ccccc3o2)ncc1-c1ccc(CNCCCN)c(F)c1. The van der Waals surface area contributed by atoms with Gasteiger partial charge in [0.05, 0.1) is 12.7 Å². The van der Waals surface area contributed by atoms with Gasteiger partial charge in [-0.25, -0.2) is 9.37 Å². The standard InChI is InChI=1S/C22H23FN6O2/c1-30-20-16(14-7-8-15(17(23)11-14)12-25-10-4-9-24)13-26-21(28-20)29-22-27-18-5-2-3-6-19(18)31-22/h2-3,5-8,11,13,25H,4,9-10,12,24H2,1H3,(H,26,27,28,29). The van der Waals surface area contributed by atoms with Crippen LogP contribution in [-0.2, 0) is 6.54 Å². The number of hydrogen-bond acceptors (Lipinski definition) is 8. The molecule has 4 aromatic rings. The average Bonchev–Trinajstić information content (AvgIpc) is 3.19. The predicted molar refractivity (Wildman–Crippen MR) is 117 cm³/mol. The number of fused-ring (bicyclic) bond motifs is 1. The van der Waals surface area contributed by atoms with Crippen LogP contribution in [0.1, 0.15) is 12.0 Å². The molecular formula is C22H23FN6O2. The normalized spacial score (nSPS) is 11.1. The van der Waals surface area contributed by atoms with Gasteiger partial charge in [0.25, 0.3) is 0 Å². The highest BCUT2D eigenvalue weighted by Crippen LogP contribution is 2.30. The Morgan fingerprint density at radius 3 is 2.81 bits per heavy atom. The van der Waals surface area contributed by atoms with E-state index >= 15 is 0 Å². The van der Waals surface area contributed by atoms with E-state index in [1.807, 2.05) is 30.3 Å². The summed E-state index contributed by atoms with van der Waals surface area (Å²) in [5.74, 6) is 0.253. The molecule has 160 valence electrons. The summed E-state index contributed by atoms with van der Waals surface area (Å²) in [7, 11) is 1.50. The molecule has 4 N–H and O–H groups in total. The Labute approximate surface area is 178 Å². The van der Waals surface area contributed by atoms with Crippen molar-refractivity contribution in [2.75, 3.05) is 25.5 Å². The summed E-state index contributed by atoms with van der Waals surface area (Å²) in [6, 6.07) is 12.7. The van der Waals surface area contributed by atoms with Crippen molar-refractivity contribution in [1.82, 2.24) is 20.3 Å². The fraction of sp³-hybridized carbons (Fsp3) is 0.227. The predicted octanol–water partition coefficient (Wildman–Crippen LogP) is 3.61. The van der Waals surface area contributed by atoms with E-state index in [2.05, 4.69) is 25.6 Å². The maximum absolute atomic E-state index is 14.6. The number of ether oxygens (including phenoxy) is 1. The number of aromatic nitrogens is 3. The van der Waals surface area contributed by atoms with E-state index in [1.54, 1.807) is 12.3 Å². The van der Waals surface area contributed by atoms with Crippen LogP contribution in [0, 0.1) is 5.82 Å². The van der Waals surface area contributed by atoms with Crippen molar-refractivity contribution in [1.29, 1.82) is 0 Å². The lowest BCUT2D eigenvalue weighted by molar-refractivity contribution is 0.399. The van der Waals surface area contributed by atoms with E-state index in [4.69, 9.17) is 14.9 Å². The Morgan fingerprint density at radius 1 is 1.16 bits per heavy atom. The van der Waals surface area contributed by atoms with Crippen molar-refractivity contribution in [3.8, 4) is 17.0 Å². The lowest BCUT2D eigenvalue weighted by atomic mass is 10.1. The number of nitrogens with zero attached hydrogens (tertiary/aromatic N) is 3. The fourth-order valence-corrected chi connectivity index (χ4v) is 3.11. The first-order valence-corrected chi connectivity index (χ1v) is 9.91. The largest absolute Gasteiger partial charge is 0.480 e. The van der Waals surface area contributed by atoms with Gasteiger partial charge in [-0.1, -0.05) is 24.3 Å². The van der Waals surface area contributed by atoms with Gasteiger partial charge in [-0.3, -0.25) is 5.32 Å². The number of para-hydroxylation sites is 2. The zero-order valence-electron chi connectivity index (χ0n) is 17.1. The van der Waals surface area contributed by atoms with Gasteiger partial charge < -0.3 is 20.2 Å². The number of benzene rings is 2. The second kappa shape index (κ2) is 9.50. The van der Waals surface area contributed by atoms with Crippen LogP contribution in [0.2, 0.25) is 0 Å². The van der Waals surface area contributed by atoms with Crippen molar-refractivity contribution in [3.05, 3.63) is 60.0 Å². The molecule has 0 saturated carbocycles. The third-order valence-corrected chi connectivity index (χ3v) is 4.70. The number of oxazole rings is 1. The first-order chi connectivity index (χ1) is 15.2. The van der Waals surface area contributed by atoms with Crippen LogP contribution >= 0.6 is 0 Å². The van der Waals surface area contributed by atoms with E-state index in [-0.39, 0.29) is 17.8 Å². The molecule has 31 heavy (non-hydrogen) atoms. The van der Waals surface area contributed by atoms with Gasteiger partial charge in [-0.2, -0.15) is 9.97 Å². The monoisotopic (exact) mass is 422 g/mol. The molecule has 0 amide bonds. The average molecular weight is 422 g/mol. The number of nitrogens with two attached hydrogens (primary N) is 1. The highest BCUT2D eigenvalue weighted by Gasteiger charge is 2.14. The van der Waals surface area contributed by atoms with Crippen molar-refractivity contribution < 1.29 is 13.5 Å². The third kappa shape index (κ3) is 4.79. The molecular weight excluding hydrogens is 399 g/mol. The van der Waals surface area contributed by atoms with Gasteiger partial charge in [0.15, 0.2) is 5.58 Å². The molecule has 2 aromatic carbocycles. The van der Waals surface area contributed by atoms with Crippen LogP contribution in [-0.4, -0.2) is 35.2 Å². The van der Waals surface area contributed by atoms with Gasteiger partial charge in [0.1, 0.15) is 11.3 Å². The smallest absolute Gasteiger partial charge is 0.302 e. The topological polar surface area (TPSA) is 111 Å². The molecule has 0 spiro atoms. The Hall–Kier alpha value is -3.56. The summed E-state index contributed by atoms with van der Waals surface area (Å²) in [5.41, 5.74) is 8.62. The van der Waals surface area contributed by atoms with Crippen LogP contribution in [0.3, 0.4) is 0 Å². The lowest BCUT2D eigenvalue weighted by Crippen LogP contribution is -2.18. The number of anilines is 2. The van der Waals surface area contributed by atoms with E-state index in [0.717, 1.165) is 18.5 Å². The van der Waals surface area contributed by atoms with Gasteiger partial charge in [0, 0.05) is 18.3 Å². The van der Waals surface area contributed by atoms with E-state index in [0.29, 0.717) is 41.2 Å². The zero-order chi connectivity index (χ0) is 21.6. The van der Waals surface area contributed by atoms with E-state index < -0.39 is 0 Å². The Kier molecular flexibility index (Phi) is 6.34. The van der Waals surface area contributed by atoms with Crippen LogP contribution in [0.15, 0.2) is 53.1 Å². The van der Waals surface area contributed by atoms with Gasteiger partial charge in [-0.05, 0) is 43.3 Å². The molecule has 0 aliphatic heterocycles. The molecule has 0 saturated heterocycles. The maximum atomic E-state index is 14.6. The molecule has 0 fully saturated rings. The molecule has 0 unspecified atom stereocenters. The molecule has 4 rings (SSSR count). The van der Waals surface area contributed by atoms with Crippen LogP contribution in [0.25, 0.3) is 22.2 Å².